The second-order valence-electron chi connectivity index (χ2n) is 8.26. The number of ketones is 1. The fraction of sp³-hybridized carbons (Fsp3) is 0.286. The van der Waals surface area contributed by atoms with Crippen LogP contribution in [0.3, 0.4) is 0 Å². The van der Waals surface area contributed by atoms with Gasteiger partial charge in [-0.2, -0.15) is 0 Å². The summed E-state index contributed by atoms with van der Waals surface area (Å²) in [5, 5.41) is 11.5. The summed E-state index contributed by atoms with van der Waals surface area (Å²) in [5.74, 6) is -1.50. The number of Topliss-reactive ketones (excluding diaryl/α,β-unsaturated/α-hetero) is 1. The number of rotatable bonds is 9. The molecule has 38 heavy (non-hydrogen) atoms. The highest BCUT2D eigenvalue weighted by Gasteiger charge is 2.48. The van der Waals surface area contributed by atoms with Crippen LogP contribution in [0.25, 0.3) is 5.76 Å². The van der Waals surface area contributed by atoms with Gasteiger partial charge in [0.15, 0.2) is 5.13 Å². The molecule has 4 rings (SSSR count). The highest BCUT2D eigenvalue weighted by atomic mass is 32.1. The number of benzene rings is 2. The molecular weight excluding hydrogens is 508 g/mol. The van der Waals surface area contributed by atoms with E-state index in [1.165, 1.54) is 4.90 Å². The van der Waals surface area contributed by atoms with Gasteiger partial charge in [0, 0.05) is 5.56 Å². The number of hydrogen-bond acceptors (Lipinski definition) is 9. The van der Waals surface area contributed by atoms with Crippen molar-refractivity contribution in [3.8, 4) is 11.5 Å². The Balaban J connectivity index is 1.88. The molecule has 0 aliphatic carbocycles. The summed E-state index contributed by atoms with van der Waals surface area (Å²) in [6.45, 7) is 8.11. The van der Waals surface area contributed by atoms with Gasteiger partial charge < -0.3 is 19.3 Å². The van der Waals surface area contributed by atoms with Crippen LogP contribution >= 0.6 is 11.3 Å². The molecule has 198 valence electrons. The number of carbonyl (C=O) groups excluding carboxylic acids is 3. The number of aromatic nitrogens is 1. The van der Waals surface area contributed by atoms with E-state index in [9.17, 15) is 19.5 Å². The lowest BCUT2D eigenvalue weighted by Crippen LogP contribution is -2.29. The van der Waals surface area contributed by atoms with E-state index in [-0.39, 0.29) is 27.9 Å². The maximum atomic E-state index is 13.4. The minimum absolute atomic E-state index is 0.0988. The van der Waals surface area contributed by atoms with Crippen molar-refractivity contribution >= 4 is 39.9 Å². The van der Waals surface area contributed by atoms with Crippen molar-refractivity contribution in [2.75, 3.05) is 24.7 Å². The van der Waals surface area contributed by atoms with E-state index >= 15 is 0 Å². The van der Waals surface area contributed by atoms with Gasteiger partial charge in [0.25, 0.3) is 5.78 Å². The van der Waals surface area contributed by atoms with Gasteiger partial charge in [-0.05, 0) is 57.5 Å². The predicted molar refractivity (Wildman–Crippen MR) is 143 cm³/mol. The molecule has 1 atom stereocenters. The van der Waals surface area contributed by atoms with Crippen molar-refractivity contribution in [2.45, 2.75) is 33.7 Å². The van der Waals surface area contributed by atoms with Crippen molar-refractivity contribution in [3.05, 3.63) is 75.8 Å². The van der Waals surface area contributed by atoms with Crippen LogP contribution in [0.2, 0.25) is 0 Å². The number of nitrogens with zero attached hydrogens (tertiary/aromatic N) is 2. The van der Waals surface area contributed by atoms with Gasteiger partial charge in [-0.25, -0.2) is 9.78 Å². The second kappa shape index (κ2) is 11.5. The van der Waals surface area contributed by atoms with E-state index < -0.39 is 23.7 Å². The number of hydrogen-bond donors (Lipinski definition) is 1. The van der Waals surface area contributed by atoms with E-state index in [0.717, 1.165) is 11.3 Å². The summed E-state index contributed by atoms with van der Waals surface area (Å²) in [6, 6.07) is 12.6. The van der Waals surface area contributed by atoms with Gasteiger partial charge in [-0.3, -0.25) is 14.5 Å². The minimum Gasteiger partial charge on any atom is -0.507 e. The SMILES string of the molecule is CCOC(=O)c1sc(N2C(=O)C(=O)/C(=C(/O)c3cccc(OCC)c3)C2c2ccc(OCC)cc2)nc1C. The fourth-order valence-corrected chi connectivity index (χ4v) is 5.17. The fourth-order valence-electron chi connectivity index (χ4n) is 4.18. The molecule has 0 saturated carbocycles. The summed E-state index contributed by atoms with van der Waals surface area (Å²) < 4.78 is 16.2. The van der Waals surface area contributed by atoms with E-state index in [0.29, 0.717) is 41.5 Å². The molecule has 9 nitrogen and oxygen atoms in total. The van der Waals surface area contributed by atoms with Crippen LogP contribution in [0, 0.1) is 6.92 Å². The Kier molecular flexibility index (Phi) is 8.11. The monoisotopic (exact) mass is 536 g/mol. The first-order valence-electron chi connectivity index (χ1n) is 12.2. The summed E-state index contributed by atoms with van der Waals surface area (Å²) in [7, 11) is 0. The topological polar surface area (TPSA) is 115 Å². The smallest absolute Gasteiger partial charge is 0.350 e. The number of ether oxygens (including phenoxy) is 3. The van der Waals surface area contributed by atoms with Crippen LogP contribution in [0.5, 0.6) is 11.5 Å². The third kappa shape index (κ3) is 5.12. The Morgan fingerprint density at radius 1 is 1.00 bits per heavy atom. The molecule has 10 heteroatoms. The summed E-state index contributed by atoms with van der Waals surface area (Å²) in [6.07, 6.45) is 0. The number of amides is 1. The van der Waals surface area contributed by atoms with Crippen LogP contribution in [-0.4, -0.2) is 47.6 Å². The zero-order valence-electron chi connectivity index (χ0n) is 21.5. The molecule has 1 aromatic heterocycles. The molecule has 2 heterocycles. The molecule has 0 spiro atoms. The molecule has 3 aromatic rings. The van der Waals surface area contributed by atoms with Crippen molar-refractivity contribution in [1.29, 1.82) is 0 Å². The van der Waals surface area contributed by atoms with Crippen molar-refractivity contribution in [2.24, 2.45) is 0 Å². The van der Waals surface area contributed by atoms with Crippen molar-refractivity contribution in [3.63, 3.8) is 0 Å². The van der Waals surface area contributed by atoms with Crippen LogP contribution in [0.4, 0.5) is 5.13 Å². The molecule has 0 bridgehead atoms. The Bertz CT molecular complexity index is 1390. The Morgan fingerprint density at radius 3 is 2.34 bits per heavy atom. The molecule has 2 aromatic carbocycles. The van der Waals surface area contributed by atoms with Crippen LogP contribution < -0.4 is 14.4 Å². The van der Waals surface area contributed by atoms with E-state index in [1.54, 1.807) is 62.4 Å². The minimum atomic E-state index is -0.998. The van der Waals surface area contributed by atoms with Crippen molar-refractivity contribution < 1.29 is 33.7 Å². The van der Waals surface area contributed by atoms with E-state index in [1.807, 2.05) is 13.8 Å². The molecule has 1 unspecified atom stereocenters. The third-order valence-electron chi connectivity index (χ3n) is 5.82. The molecule has 1 aliphatic rings. The number of carbonyl (C=O) groups is 3. The van der Waals surface area contributed by atoms with Crippen LogP contribution in [0.1, 0.15) is 53.3 Å². The molecule has 1 aliphatic heterocycles. The van der Waals surface area contributed by atoms with Gasteiger partial charge in [0.2, 0.25) is 0 Å². The van der Waals surface area contributed by atoms with Gasteiger partial charge in [0.05, 0.1) is 37.1 Å². The van der Waals surface area contributed by atoms with Gasteiger partial charge >= 0.3 is 11.9 Å². The number of thiazole rings is 1. The number of anilines is 1. The molecule has 1 amide bonds. The largest absolute Gasteiger partial charge is 0.507 e. The lowest BCUT2D eigenvalue weighted by atomic mass is 9.95. The zero-order chi connectivity index (χ0) is 27.4. The third-order valence-corrected chi connectivity index (χ3v) is 6.96. The number of aryl methyl sites for hydroxylation is 1. The maximum Gasteiger partial charge on any atom is 0.350 e. The summed E-state index contributed by atoms with van der Waals surface area (Å²) >= 11 is 0.957. The highest BCUT2D eigenvalue weighted by molar-refractivity contribution is 7.17. The standard InChI is InChI=1S/C28H28N2O7S/c1-5-35-19-13-11-17(12-14-19)22-21(23(31)18-9-8-10-20(15-18)36-6-2)24(32)26(33)30(22)28-29-16(4)25(38-28)27(34)37-7-3/h8-15,22,31H,5-7H2,1-4H3/b23-21+. The summed E-state index contributed by atoms with van der Waals surface area (Å²) in [4.78, 5) is 45.2. The zero-order valence-corrected chi connectivity index (χ0v) is 22.3. The first kappa shape index (κ1) is 26.9. The Hall–Kier alpha value is -4.18. The van der Waals surface area contributed by atoms with Gasteiger partial charge in [0.1, 0.15) is 22.1 Å². The number of aliphatic hydroxyl groups is 1. The average Bonchev–Trinajstić information content (AvgIpc) is 3.41. The molecule has 1 fully saturated rings. The predicted octanol–water partition coefficient (Wildman–Crippen LogP) is 5.05. The average molecular weight is 537 g/mol. The lowest BCUT2D eigenvalue weighted by molar-refractivity contribution is -0.132. The first-order valence-corrected chi connectivity index (χ1v) is 13.0. The van der Waals surface area contributed by atoms with Gasteiger partial charge in [-0.15, -0.1) is 0 Å². The highest BCUT2D eigenvalue weighted by Crippen LogP contribution is 2.44. The van der Waals surface area contributed by atoms with E-state index in [4.69, 9.17) is 14.2 Å². The second-order valence-corrected chi connectivity index (χ2v) is 9.24. The molecular formula is C28H28N2O7S. The Morgan fingerprint density at radius 2 is 1.68 bits per heavy atom. The molecule has 1 saturated heterocycles. The van der Waals surface area contributed by atoms with Crippen LogP contribution in [-0.2, 0) is 14.3 Å². The van der Waals surface area contributed by atoms with E-state index in [2.05, 4.69) is 4.98 Å². The van der Waals surface area contributed by atoms with Gasteiger partial charge in [-0.1, -0.05) is 35.6 Å². The van der Waals surface area contributed by atoms with Crippen molar-refractivity contribution in [1.82, 2.24) is 4.98 Å². The first-order chi connectivity index (χ1) is 18.3. The normalized spacial score (nSPS) is 16.5. The lowest BCUT2D eigenvalue weighted by Gasteiger charge is -2.23. The summed E-state index contributed by atoms with van der Waals surface area (Å²) in [5.41, 5.74) is 1.16. The number of aliphatic hydroxyl groups excluding tert-OH is 1. The maximum absolute atomic E-state index is 13.4. The molecule has 1 N–H and O–H groups in total. The number of esters is 1. The quantitative estimate of drug-likeness (QED) is 0.175. The molecule has 0 radical (unpaired) electrons. The Labute approximate surface area is 224 Å². The van der Waals surface area contributed by atoms with Crippen LogP contribution in [0.15, 0.2) is 54.1 Å².